The van der Waals surface area contributed by atoms with Gasteiger partial charge in [-0.05, 0) is 30.3 Å². The molecule has 0 fully saturated rings. The average molecular weight is 297 g/mol. The van der Waals surface area contributed by atoms with Crippen LogP contribution >= 0.6 is 22.9 Å². The molecule has 0 saturated carbocycles. The quantitative estimate of drug-likeness (QED) is 0.891. The van der Waals surface area contributed by atoms with Gasteiger partial charge < -0.3 is 15.8 Å². The molecular weight excluding hydrogens is 284 g/mol. The number of ether oxygens (including phenoxy) is 1. The topological polar surface area (TPSA) is 64.3 Å². The van der Waals surface area contributed by atoms with Crippen molar-refractivity contribution in [3.05, 3.63) is 45.1 Å². The lowest BCUT2D eigenvalue weighted by atomic mass is 10.1. The third-order valence-corrected chi connectivity index (χ3v) is 3.80. The first kappa shape index (κ1) is 13.7. The van der Waals surface area contributed by atoms with Crippen molar-refractivity contribution in [3.63, 3.8) is 0 Å². The van der Waals surface area contributed by atoms with Gasteiger partial charge in [-0.1, -0.05) is 11.6 Å². The van der Waals surface area contributed by atoms with Crippen LogP contribution in [0.5, 0.6) is 5.75 Å². The molecule has 100 valence electrons. The molecule has 2 rings (SSSR count). The molecule has 2 aromatic rings. The van der Waals surface area contributed by atoms with E-state index in [-0.39, 0.29) is 0 Å². The Labute approximate surface area is 120 Å². The molecule has 4 nitrogen and oxygen atoms in total. The standard InChI is InChI=1S/C13H13ClN2O2S/c1-18-11-4-2-8(13(15)17)6-10(11)16-7-9-3-5-12(14)19-9/h2-6,16H,7H2,1H3,(H2,15,17). The third kappa shape index (κ3) is 3.39. The molecule has 1 amide bonds. The summed E-state index contributed by atoms with van der Waals surface area (Å²) < 4.78 is 5.98. The first-order valence-corrected chi connectivity index (χ1v) is 6.75. The number of hydrogen-bond donors (Lipinski definition) is 2. The fourth-order valence-corrected chi connectivity index (χ4v) is 2.66. The molecule has 3 N–H and O–H groups in total. The van der Waals surface area contributed by atoms with Crippen LogP contribution in [0.3, 0.4) is 0 Å². The van der Waals surface area contributed by atoms with Crippen molar-refractivity contribution < 1.29 is 9.53 Å². The fourth-order valence-electron chi connectivity index (χ4n) is 1.63. The lowest BCUT2D eigenvalue weighted by Gasteiger charge is -2.11. The molecule has 0 atom stereocenters. The smallest absolute Gasteiger partial charge is 0.248 e. The molecule has 0 saturated heterocycles. The van der Waals surface area contributed by atoms with Crippen LogP contribution in [0.1, 0.15) is 15.2 Å². The number of carbonyl (C=O) groups is 1. The summed E-state index contributed by atoms with van der Waals surface area (Å²) in [5, 5.41) is 3.21. The van der Waals surface area contributed by atoms with Gasteiger partial charge in [0.25, 0.3) is 0 Å². The van der Waals surface area contributed by atoms with E-state index in [2.05, 4.69) is 5.32 Å². The maximum atomic E-state index is 11.2. The molecule has 1 aromatic heterocycles. The molecule has 0 aliphatic rings. The Bertz CT molecular complexity index is 598. The van der Waals surface area contributed by atoms with Crippen molar-refractivity contribution in [2.24, 2.45) is 5.73 Å². The van der Waals surface area contributed by atoms with Crippen molar-refractivity contribution in [1.82, 2.24) is 0 Å². The number of primary amides is 1. The van der Waals surface area contributed by atoms with Crippen molar-refractivity contribution in [3.8, 4) is 5.75 Å². The molecule has 0 aliphatic heterocycles. The lowest BCUT2D eigenvalue weighted by Crippen LogP contribution is -2.11. The van der Waals surface area contributed by atoms with Crippen LogP contribution in [0.4, 0.5) is 5.69 Å². The number of nitrogens with one attached hydrogen (secondary N) is 1. The second kappa shape index (κ2) is 5.95. The maximum Gasteiger partial charge on any atom is 0.248 e. The molecule has 0 aliphatic carbocycles. The number of nitrogens with two attached hydrogens (primary N) is 1. The summed E-state index contributed by atoms with van der Waals surface area (Å²) in [4.78, 5) is 12.3. The first-order valence-electron chi connectivity index (χ1n) is 5.56. The molecule has 0 spiro atoms. The molecular formula is C13H13ClN2O2S. The summed E-state index contributed by atoms with van der Waals surface area (Å²) >= 11 is 7.37. The highest BCUT2D eigenvalue weighted by molar-refractivity contribution is 7.16. The van der Waals surface area contributed by atoms with E-state index in [9.17, 15) is 4.79 Å². The van der Waals surface area contributed by atoms with Gasteiger partial charge >= 0.3 is 0 Å². The molecule has 0 unspecified atom stereocenters. The minimum absolute atomic E-state index is 0.438. The highest BCUT2D eigenvalue weighted by Gasteiger charge is 2.08. The predicted molar refractivity (Wildman–Crippen MR) is 78.2 cm³/mol. The van der Waals surface area contributed by atoms with Crippen LogP contribution < -0.4 is 15.8 Å². The van der Waals surface area contributed by atoms with Crippen LogP contribution in [-0.4, -0.2) is 13.0 Å². The van der Waals surface area contributed by atoms with Crippen molar-refractivity contribution in [1.29, 1.82) is 0 Å². The van der Waals surface area contributed by atoms with Crippen molar-refractivity contribution >= 4 is 34.5 Å². The van der Waals surface area contributed by atoms with Gasteiger partial charge in [0.05, 0.1) is 17.1 Å². The summed E-state index contributed by atoms with van der Waals surface area (Å²) in [6.45, 7) is 0.607. The lowest BCUT2D eigenvalue weighted by molar-refractivity contribution is 0.100. The van der Waals surface area contributed by atoms with E-state index in [4.69, 9.17) is 22.1 Å². The molecule has 0 radical (unpaired) electrons. The summed E-state index contributed by atoms with van der Waals surface area (Å²) in [7, 11) is 1.58. The van der Waals surface area contributed by atoms with Crippen molar-refractivity contribution in [2.45, 2.75) is 6.54 Å². The molecule has 6 heteroatoms. The number of halogens is 1. The summed E-state index contributed by atoms with van der Waals surface area (Å²) in [5.41, 5.74) is 6.42. The summed E-state index contributed by atoms with van der Waals surface area (Å²) in [6, 6.07) is 8.82. The van der Waals surface area contributed by atoms with E-state index in [0.29, 0.717) is 17.9 Å². The Balaban J connectivity index is 2.17. The second-order valence-corrected chi connectivity index (χ2v) is 5.64. The average Bonchev–Trinajstić information content (AvgIpc) is 2.81. The third-order valence-electron chi connectivity index (χ3n) is 2.57. The number of carbonyl (C=O) groups excluding carboxylic acids is 1. The minimum Gasteiger partial charge on any atom is -0.495 e. The number of hydrogen-bond acceptors (Lipinski definition) is 4. The van der Waals surface area contributed by atoms with E-state index in [1.807, 2.05) is 12.1 Å². The highest BCUT2D eigenvalue weighted by atomic mass is 35.5. The number of rotatable bonds is 5. The van der Waals surface area contributed by atoms with Crippen LogP contribution in [0.25, 0.3) is 0 Å². The number of anilines is 1. The zero-order chi connectivity index (χ0) is 13.8. The number of benzene rings is 1. The van der Waals surface area contributed by atoms with Crippen molar-refractivity contribution in [2.75, 3.05) is 12.4 Å². The van der Waals surface area contributed by atoms with Crippen LogP contribution in [0, 0.1) is 0 Å². The van der Waals surface area contributed by atoms with Gasteiger partial charge in [0.2, 0.25) is 5.91 Å². The molecule has 19 heavy (non-hydrogen) atoms. The summed E-state index contributed by atoms with van der Waals surface area (Å²) in [5.74, 6) is 0.192. The van der Waals surface area contributed by atoms with Crippen LogP contribution in [0.15, 0.2) is 30.3 Å². The van der Waals surface area contributed by atoms with Gasteiger partial charge in [-0.25, -0.2) is 0 Å². The second-order valence-electron chi connectivity index (χ2n) is 3.84. The Morgan fingerprint density at radius 2 is 2.21 bits per heavy atom. The fraction of sp³-hybridized carbons (Fsp3) is 0.154. The van der Waals surface area contributed by atoms with Crippen LogP contribution in [-0.2, 0) is 6.54 Å². The zero-order valence-corrected chi connectivity index (χ0v) is 11.8. The van der Waals surface area contributed by atoms with E-state index < -0.39 is 5.91 Å². The highest BCUT2D eigenvalue weighted by Crippen LogP contribution is 2.27. The van der Waals surface area contributed by atoms with Gasteiger partial charge in [0.15, 0.2) is 0 Å². The molecule has 1 aromatic carbocycles. The minimum atomic E-state index is -0.468. The SMILES string of the molecule is COc1ccc(C(N)=O)cc1NCc1ccc(Cl)s1. The van der Waals surface area contributed by atoms with Gasteiger partial charge in [-0.3, -0.25) is 4.79 Å². The van der Waals surface area contributed by atoms with Crippen LogP contribution in [0.2, 0.25) is 4.34 Å². The predicted octanol–water partition coefficient (Wildman–Crippen LogP) is 3.12. The largest absolute Gasteiger partial charge is 0.495 e. The van der Waals surface area contributed by atoms with E-state index in [1.54, 1.807) is 25.3 Å². The Morgan fingerprint density at radius 1 is 1.42 bits per heavy atom. The number of thiophene rings is 1. The first-order chi connectivity index (χ1) is 9.10. The van der Waals surface area contributed by atoms with Gasteiger partial charge in [-0.15, -0.1) is 11.3 Å². The number of amides is 1. The van der Waals surface area contributed by atoms with E-state index in [0.717, 1.165) is 14.9 Å². The monoisotopic (exact) mass is 296 g/mol. The van der Waals surface area contributed by atoms with E-state index in [1.165, 1.54) is 11.3 Å². The summed E-state index contributed by atoms with van der Waals surface area (Å²) in [6.07, 6.45) is 0. The maximum absolute atomic E-state index is 11.2. The number of methoxy groups -OCH3 is 1. The Morgan fingerprint density at radius 3 is 2.79 bits per heavy atom. The van der Waals surface area contributed by atoms with Gasteiger partial charge in [-0.2, -0.15) is 0 Å². The Kier molecular flexibility index (Phi) is 4.29. The van der Waals surface area contributed by atoms with Gasteiger partial charge in [0, 0.05) is 17.0 Å². The van der Waals surface area contributed by atoms with E-state index >= 15 is 0 Å². The molecule has 1 heterocycles. The Hall–Kier alpha value is -1.72. The molecule has 0 bridgehead atoms. The zero-order valence-electron chi connectivity index (χ0n) is 10.3. The van der Waals surface area contributed by atoms with Gasteiger partial charge in [0.1, 0.15) is 5.75 Å². The normalized spacial score (nSPS) is 10.2.